The van der Waals surface area contributed by atoms with Gasteiger partial charge >= 0.3 is 0 Å². The average Bonchev–Trinajstić information content (AvgIpc) is 3.20. The van der Waals surface area contributed by atoms with Crippen LogP contribution in [0.1, 0.15) is 65.8 Å². The molecule has 2 aromatic heterocycles. The Morgan fingerprint density at radius 1 is 1.17 bits per heavy atom. The Morgan fingerprint density at radius 3 is 2.57 bits per heavy atom. The van der Waals surface area contributed by atoms with E-state index in [1.807, 2.05) is 25.7 Å². The molecule has 0 atom stereocenters. The lowest BCUT2D eigenvalue weighted by atomic mass is 9.85. The molecule has 0 unspecified atom stereocenters. The highest BCUT2D eigenvalue weighted by Gasteiger charge is 2.31. The minimum Gasteiger partial charge on any atom is -0.352 e. The van der Waals surface area contributed by atoms with E-state index in [0.717, 1.165) is 45.2 Å². The van der Waals surface area contributed by atoms with E-state index in [-0.39, 0.29) is 29.7 Å². The Labute approximate surface area is 206 Å². The molecule has 8 nitrogen and oxygen atoms in total. The third kappa shape index (κ3) is 5.55. The summed E-state index contributed by atoms with van der Waals surface area (Å²) in [6.07, 6.45) is 5.95. The maximum atomic E-state index is 14.4. The summed E-state index contributed by atoms with van der Waals surface area (Å²) in [5.74, 6) is 1.04. The summed E-state index contributed by atoms with van der Waals surface area (Å²) in [5.41, 5.74) is 1.72. The number of nitrogens with one attached hydrogen (secondary N) is 2. The molecule has 35 heavy (non-hydrogen) atoms. The Kier molecular flexibility index (Phi) is 7.83. The van der Waals surface area contributed by atoms with Crippen LogP contribution in [0.3, 0.4) is 0 Å². The average molecular weight is 482 g/mol. The van der Waals surface area contributed by atoms with Crippen molar-refractivity contribution in [2.24, 2.45) is 5.92 Å². The fourth-order valence-corrected chi connectivity index (χ4v) is 4.87. The molecule has 1 saturated carbocycles. The highest BCUT2D eigenvalue weighted by Crippen LogP contribution is 2.38. The van der Waals surface area contributed by atoms with E-state index in [1.165, 1.54) is 6.07 Å². The molecule has 1 aliphatic rings. The van der Waals surface area contributed by atoms with Crippen LogP contribution in [0.2, 0.25) is 0 Å². The highest BCUT2D eigenvalue weighted by atomic mass is 19.1. The van der Waals surface area contributed by atoms with Crippen molar-refractivity contribution in [1.82, 2.24) is 24.4 Å². The first-order valence-corrected chi connectivity index (χ1v) is 12.7. The van der Waals surface area contributed by atoms with Gasteiger partial charge in [0, 0.05) is 31.1 Å². The lowest BCUT2D eigenvalue weighted by Gasteiger charge is -2.32. The summed E-state index contributed by atoms with van der Waals surface area (Å²) in [6, 6.07) is 6.85. The van der Waals surface area contributed by atoms with Crippen molar-refractivity contribution < 1.29 is 9.18 Å². The van der Waals surface area contributed by atoms with Crippen LogP contribution in [-0.4, -0.2) is 49.5 Å². The summed E-state index contributed by atoms with van der Waals surface area (Å²) in [7, 11) is 0. The highest BCUT2D eigenvalue weighted by molar-refractivity contribution is 5.79. The van der Waals surface area contributed by atoms with Crippen molar-refractivity contribution in [1.29, 1.82) is 0 Å². The Morgan fingerprint density at radius 2 is 1.91 bits per heavy atom. The number of anilines is 3. The molecule has 0 radical (unpaired) electrons. The molecule has 3 aromatic rings. The maximum absolute atomic E-state index is 14.4. The first-order chi connectivity index (χ1) is 16.9. The zero-order valence-corrected chi connectivity index (χ0v) is 21.1. The molecule has 1 aliphatic carbocycles. The van der Waals surface area contributed by atoms with Crippen LogP contribution >= 0.6 is 0 Å². The standard InChI is InChI=1S/C26H36FN7O/c1-5-15-33(6-2)24(35)18-11-13-19(14-12-18)34-23-22(16-28-25(32-23)29-17(3)4)31-26(34)30-21-10-8-7-9-20(21)27/h7-10,16-19H,5-6,11-15H2,1-4H3,(H,30,31)(H,28,29,32)/t18-,19+. The lowest BCUT2D eigenvalue weighted by Crippen LogP contribution is -2.38. The molecule has 0 spiro atoms. The number of carbonyl (C=O) groups excluding carboxylic acids is 1. The number of aromatic nitrogens is 4. The van der Waals surface area contributed by atoms with Gasteiger partial charge in [-0.15, -0.1) is 0 Å². The predicted molar refractivity (Wildman–Crippen MR) is 137 cm³/mol. The first kappa shape index (κ1) is 24.9. The second kappa shape index (κ2) is 11.0. The number of hydrogen-bond donors (Lipinski definition) is 2. The third-order valence-electron chi connectivity index (χ3n) is 6.57. The number of nitrogens with zero attached hydrogens (tertiary/aromatic N) is 5. The molecular formula is C26H36FN7O. The zero-order chi connectivity index (χ0) is 24.9. The van der Waals surface area contributed by atoms with E-state index < -0.39 is 0 Å². The minimum atomic E-state index is -0.343. The quantitative estimate of drug-likeness (QED) is 0.418. The minimum absolute atomic E-state index is 0.0447. The van der Waals surface area contributed by atoms with Crippen LogP contribution in [0.4, 0.5) is 22.0 Å². The molecule has 1 aromatic carbocycles. The van der Waals surface area contributed by atoms with Gasteiger partial charge in [-0.05, 0) is 65.0 Å². The molecule has 0 bridgehead atoms. The summed E-state index contributed by atoms with van der Waals surface area (Å²) in [6.45, 7) is 9.77. The van der Waals surface area contributed by atoms with Crippen LogP contribution in [0, 0.1) is 11.7 Å². The molecule has 4 rings (SSSR count). The van der Waals surface area contributed by atoms with Gasteiger partial charge in [-0.2, -0.15) is 4.98 Å². The normalized spacial score (nSPS) is 18.1. The monoisotopic (exact) mass is 481 g/mol. The number of fused-ring (bicyclic) bond motifs is 1. The van der Waals surface area contributed by atoms with Gasteiger partial charge in [-0.1, -0.05) is 19.1 Å². The first-order valence-electron chi connectivity index (χ1n) is 12.7. The molecule has 1 amide bonds. The van der Waals surface area contributed by atoms with Crippen molar-refractivity contribution in [2.75, 3.05) is 23.7 Å². The van der Waals surface area contributed by atoms with Gasteiger partial charge in [-0.25, -0.2) is 14.4 Å². The smallest absolute Gasteiger partial charge is 0.225 e. The summed E-state index contributed by atoms with van der Waals surface area (Å²) >= 11 is 0. The molecule has 0 aliphatic heterocycles. The molecule has 2 N–H and O–H groups in total. The van der Waals surface area contributed by atoms with E-state index >= 15 is 0 Å². The number of hydrogen-bond acceptors (Lipinski definition) is 6. The van der Waals surface area contributed by atoms with Crippen LogP contribution < -0.4 is 10.6 Å². The maximum Gasteiger partial charge on any atom is 0.225 e. The van der Waals surface area contributed by atoms with Gasteiger partial charge < -0.3 is 15.5 Å². The second-order valence-electron chi connectivity index (χ2n) is 9.54. The number of carbonyl (C=O) groups is 1. The summed E-state index contributed by atoms with van der Waals surface area (Å²) in [5, 5.41) is 6.43. The van der Waals surface area contributed by atoms with E-state index in [4.69, 9.17) is 9.97 Å². The molecule has 188 valence electrons. The van der Waals surface area contributed by atoms with Crippen molar-refractivity contribution in [2.45, 2.75) is 71.9 Å². The largest absolute Gasteiger partial charge is 0.352 e. The number of benzene rings is 1. The zero-order valence-electron chi connectivity index (χ0n) is 21.1. The van der Waals surface area contributed by atoms with Crippen molar-refractivity contribution in [3.8, 4) is 0 Å². The number of para-hydroxylation sites is 1. The topological polar surface area (TPSA) is 88.0 Å². The van der Waals surface area contributed by atoms with Gasteiger partial charge in [0.25, 0.3) is 0 Å². The van der Waals surface area contributed by atoms with Crippen LogP contribution in [0.25, 0.3) is 11.2 Å². The molecule has 9 heteroatoms. The van der Waals surface area contributed by atoms with Gasteiger partial charge in [0.15, 0.2) is 5.65 Å². The SMILES string of the molecule is CCCN(CC)C(=O)[C@H]1CC[C@@H](n2c(Nc3ccccc3F)nc3cnc(NC(C)C)nc32)CC1. The summed E-state index contributed by atoms with van der Waals surface area (Å²) < 4.78 is 16.5. The number of halogens is 1. The van der Waals surface area contributed by atoms with E-state index in [1.54, 1.807) is 24.4 Å². The summed E-state index contributed by atoms with van der Waals surface area (Å²) in [4.78, 5) is 28.9. The lowest BCUT2D eigenvalue weighted by molar-refractivity contribution is -0.136. The Bertz CT molecular complexity index is 1150. The van der Waals surface area contributed by atoms with Crippen molar-refractivity contribution in [3.05, 3.63) is 36.3 Å². The number of amides is 1. The molecule has 2 heterocycles. The van der Waals surface area contributed by atoms with Crippen molar-refractivity contribution >= 4 is 34.7 Å². The van der Waals surface area contributed by atoms with Gasteiger partial charge in [0.2, 0.25) is 17.8 Å². The number of rotatable bonds is 9. The molecular weight excluding hydrogens is 445 g/mol. The van der Waals surface area contributed by atoms with Crippen molar-refractivity contribution in [3.63, 3.8) is 0 Å². The predicted octanol–water partition coefficient (Wildman–Crippen LogP) is 5.52. The van der Waals surface area contributed by atoms with E-state index in [2.05, 4.69) is 27.1 Å². The van der Waals surface area contributed by atoms with E-state index in [9.17, 15) is 9.18 Å². The second-order valence-corrected chi connectivity index (χ2v) is 9.54. The van der Waals surface area contributed by atoms with Crippen LogP contribution in [-0.2, 0) is 4.79 Å². The van der Waals surface area contributed by atoms with Crippen LogP contribution in [0.15, 0.2) is 30.5 Å². The van der Waals surface area contributed by atoms with Crippen LogP contribution in [0.5, 0.6) is 0 Å². The molecule has 1 fully saturated rings. The Hall–Kier alpha value is -3.23. The van der Waals surface area contributed by atoms with Gasteiger partial charge in [0.05, 0.1) is 11.9 Å². The third-order valence-corrected chi connectivity index (χ3v) is 6.57. The van der Waals surface area contributed by atoms with E-state index in [0.29, 0.717) is 28.7 Å². The number of imidazole rings is 1. The molecule has 0 saturated heterocycles. The van der Waals surface area contributed by atoms with Gasteiger partial charge in [0.1, 0.15) is 11.3 Å². The Balaban J connectivity index is 1.64. The fourth-order valence-electron chi connectivity index (χ4n) is 4.87. The fraction of sp³-hybridized carbons (Fsp3) is 0.538. The van der Waals surface area contributed by atoms with Gasteiger partial charge in [-0.3, -0.25) is 9.36 Å².